The van der Waals surface area contributed by atoms with Crippen LogP contribution in [0.4, 0.5) is 0 Å². The molecule has 0 saturated carbocycles. The number of benzene rings is 2. The molecule has 0 spiro atoms. The van der Waals surface area contributed by atoms with Crippen LogP contribution in [0.1, 0.15) is 24.2 Å². The smallest absolute Gasteiger partial charge is 0.246 e. The predicted octanol–water partition coefficient (Wildman–Crippen LogP) is 3.11. The molecule has 1 N–H and O–H groups in total. The second-order valence-corrected chi connectivity index (χ2v) is 8.93. The molecule has 2 amide bonds. The van der Waals surface area contributed by atoms with E-state index in [1.807, 2.05) is 47.4 Å². The van der Waals surface area contributed by atoms with Gasteiger partial charge in [-0.25, -0.2) is 4.98 Å². The fourth-order valence-electron chi connectivity index (χ4n) is 4.46. The number of H-pyrrole nitrogens is 1. The van der Waals surface area contributed by atoms with Crippen LogP contribution in [0.3, 0.4) is 0 Å². The van der Waals surface area contributed by atoms with Crippen LogP contribution < -0.4 is 0 Å². The van der Waals surface area contributed by atoms with E-state index in [1.54, 1.807) is 23.7 Å². The molecule has 2 aliphatic rings. The van der Waals surface area contributed by atoms with Gasteiger partial charge in [-0.1, -0.05) is 42.5 Å². The molecule has 5 rings (SSSR count). The molecule has 0 aliphatic carbocycles. The summed E-state index contributed by atoms with van der Waals surface area (Å²) >= 11 is 1.72. The van der Waals surface area contributed by atoms with Gasteiger partial charge in [-0.3, -0.25) is 9.59 Å². The number of likely N-dealkylation sites (N-methyl/N-ethyl adjacent to an activating group) is 1. The van der Waals surface area contributed by atoms with Crippen LogP contribution in [0.15, 0.2) is 54.6 Å². The summed E-state index contributed by atoms with van der Waals surface area (Å²) < 4.78 is 0. The van der Waals surface area contributed by atoms with Gasteiger partial charge >= 0.3 is 0 Å². The summed E-state index contributed by atoms with van der Waals surface area (Å²) in [5.74, 6) is 1.39. The number of thioether (sulfide) groups is 1. The number of amides is 2. The van der Waals surface area contributed by atoms with Gasteiger partial charge in [-0.15, -0.1) is 11.8 Å². The van der Waals surface area contributed by atoms with Crippen LogP contribution in [-0.2, 0) is 21.0 Å². The Morgan fingerprint density at radius 1 is 1.24 bits per heavy atom. The number of carbonyl (C=O) groups is 2. The fourth-order valence-corrected chi connectivity index (χ4v) is 6.10. The van der Waals surface area contributed by atoms with Crippen LogP contribution in [-0.4, -0.2) is 50.4 Å². The first-order chi connectivity index (χ1) is 14.1. The molecule has 29 heavy (non-hydrogen) atoms. The van der Waals surface area contributed by atoms with Crippen molar-refractivity contribution >= 4 is 34.6 Å². The summed E-state index contributed by atoms with van der Waals surface area (Å²) in [6.07, 6.45) is 1.23. The molecule has 0 radical (unpaired) electrons. The van der Waals surface area contributed by atoms with E-state index in [-0.39, 0.29) is 11.8 Å². The number of nitrogens with zero attached hydrogens (tertiary/aromatic N) is 3. The molecule has 7 heteroatoms. The Balaban J connectivity index is 1.38. The summed E-state index contributed by atoms with van der Waals surface area (Å²) in [5, 5.41) is 0. The molecule has 2 fully saturated rings. The molecule has 3 heterocycles. The predicted molar refractivity (Wildman–Crippen MR) is 113 cm³/mol. The molecule has 2 saturated heterocycles. The molecule has 2 aromatic carbocycles. The summed E-state index contributed by atoms with van der Waals surface area (Å²) in [6.45, 7) is 0.384. The SMILES string of the molecule is CN(Cc1nc2ccccc2[nH]1)C(=O)[C@@H]1CS[C@]2(c3ccccc3)CCC(=O)N12. The lowest BCUT2D eigenvalue weighted by Crippen LogP contribution is -2.50. The van der Waals surface area contributed by atoms with Crippen LogP contribution in [0, 0.1) is 0 Å². The number of rotatable bonds is 4. The van der Waals surface area contributed by atoms with E-state index in [0.29, 0.717) is 18.7 Å². The van der Waals surface area contributed by atoms with Gasteiger partial charge in [0, 0.05) is 19.2 Å². The zero-order chi connectivity index (χ0) is 20.0. The first kappa shape index (κ1) is 18.2. The Kier molecular flexibility index (Phi) is 4.35. The Morgan fingerprint density at radius 2 is 2.00 bits per heavy atom. The average molecular weight is 407 g/mol. The van der Waals surface area contributed by atoms with Crippen molar-refractivity contribution in [3.8, 4) is 0 Å². The van der Waals surface area contributed by atoms with Crippen molar-refractivity contribution in [3.05, 3.63) is 66.0 Å². The lowest BCUT2D eigenvalue weighted by Gasteiger charge is -2.35. The van der Waals surface area contributed by atoms with E-state index in [4.69, 9.17) is 0 Å². The van der Waals surface area contributed by atoms with Crippen molar-refractivity contribution in [1.29, 1.82) is 0 Å². The van der Waals surface area contributed by atoms with E-state index >= 15 is 0 Å². The number of imidazole rings is 1. The molecule has 2 aliphatic heterocycles. The van der Waals surface area contributed by atoms with Crippen LogP contribution in [0.25, 0.3) is 11.0 Å². The number of hydrogen-bond donors (Lipinski definition) is 1. The molecule has 3 aromatic rings. The summed E-state index contributed by atoms with van der Waals surface area (Å²) in [4.78, 5) is 37.0. The van der Waals surface area contributed by atoms with Gasteiger partial charge < -0.3 is 14.8 Å². The normalized spacial score (nSPS) is 23.6. The monoisotopic (exact) mass is 406 g/mol. The van der Waals surface area contributed by atoms with E-state index in [0.717, 1.165) is 28.8 Å². The second-order valence-electron chi connectivity index (χ2n) is 7.64. The second kappa shape index (κ2) is 6.91. The number of fused-ring (bicyclic) bond motifs is 2. The highest BCUT2D eigenvalue weighted by Crippen LogP contribution is 2.54. The fraction of sp³-hybridized carbons (Fsp3) is 0.318. The van der Waals surface area contributed by atoms with Crippen LogP contribution in [0.2, 0.25) is 0 Å². The maximum atomic E-state index is 13.3. The van der Waals surface area contributed by atoms with Gasteiger partial charge in [-0.2, -0.15) is 0 Å². The summed E-state index contributed by atoms with van der Waals surface area (Å²) in [6, 6.07) is 17.5. The third-order valence-corrected chi connectivity index (χ3v) is 7.44. The maximum Gasteiger partial charge on any atom is 0.246 e. The minimum absolute atomic E-state index is 0.0361. The number of nitrogens with one attached hydrogen (secondary N) is 1. The topological polar surface area (TPSA) is 69.3 Å². The average Bonchev–Trinajstić information content (AvgIpc) is 3.42. The highest BCUT2D eigenvalue weighted by atomic mass is 32.2. The number of aromatic nitrogens is 2. The number of carbonyl (C=O) groups excluding carboxylic acids is 2. The third-order valence-electron chi connectivity index (χ3n) is 5.84. The Morgan fingerprint density at radius 3 is 2.79 bits per heavy atom. The van der Waals surface area contributed by atoms with Crippen molar-refractivity contribution in [1.82, 2.24) is 19.8 Å². The van der Waals surface area contributed by atoms with Crippen molar-refractivity contribution in [2.75, 3.05) is 12.8 Å². The first-order valence-corrected chi connectivity index (χ1v) is 10.8. The minimum atomic E-state index is -0.440. The summed E-state index contributed by atoms with van der Waals surface area (Å²) in [5.41, 5.74) is 2.95. The molecular weight excluding hydrogens is 384 g/mol. The zero-order valence-corrected chi connectivity index (χ0v) is 17.0. The van der Waals surface area contributed by atoms with Crippen molar-refractivity contribution in [3.63, 3.8) is 0 Å². The first-order valence-electron chi connectivity index (χ1n) is 9.79. The molecule has 148 valence electrons. The van der Waals surface area contributed by atoms with Crippen molar-refractivity contribution in [2.45, 2.75) is 30.3 Å². The number of hydrogen-bond acceptors (Lipinski definition) is 4. The quantitative estimate of drug-likeness (QED) is 0.723. The zero-order valence-electron chi connectivity index (χ0n) is 16.2. The Labute approximate surface area is 173 Å². The molecule has 0 bridgehead atoms. The highest BCUT2D eigenvalue weighted by Gasteiger charge is 2.57. The largest absolute Gasteiger partial charge is 0.340 e. The van der Waals surface area contributed by atoms with Crippen LogP contribution in [0.5, 0.6) is 0 Å². The number of para-hydroxylation sites is 2. The third kappa shape index (κ3) is 2.92. The van der Waals surface area contributed by atoms with Gasteiger partial charge in [0.2, 0.25) is 11.8 Å². The van der Waals surface area contributed by atoms with Crippen molar-refractivity contribution in [2.24, 2.45) is 0 Å². The highest BCUT2D eigenvalue weighted by molar-refractivity contribution is 8.00. The lowest BCUT2D eigenvalue weighted by atomic mass is 10.0. The lowest BCUT2D eigenvalue weighted by molar-refractivity contribution is -0.143. The minimum Gasteiger partial charge on any atom is -0.340 e. The van der Waals surface area contributed by atoms with Gasteiger partial charge in [-0.05, 0) is 24.1 Å². The molecule has 2 atom stereocenters. The molecule has 0 unspecified atom stereocenters. The number of aromatic amines is 1. The Hall–Kier alpha value is -2.80. The van der Waals surface area contributed by atoms with E-state index in [2.05, 4.69) is 22.1 Å². The van der Waals surface area contributed by atoms with Gasteiger partial charge in [0.1, 0.15) is 16.7 Å². The maximum absolute atomic E-state index is 13.3. The molecular formula is C22H22N4O2S. The van der Waals surface area contributed by atoms with E-state index in [1.165, 1.54) is 0 Å². The Bertz CT molecular complexity index is 1050. The molecule has 1 aromatic heterocycles. The van der Waals surface area contributed by atoms with Gasteiger partial charge in [0.25, 0.3) is 0 Å². The van der Waals surface area contributed by atoms with Gasteiger partial charge in [0.15, 0.2) is 0 Å². The summed E-state index contributed by atoms with van der Waals surface area (Å²) in [7, 11) is 1.78. The van der Waals surface area contributed by atoms with Gasteiger partial charge in [0.05, 0.1) is 17.6 Å². The standard InChI is InChI=1S/C22H22N4O2S/c1-25(13-19-23-16-9-5-6-10-17(16)24-19)21(28)18-14-29-22(12-11-20(27)26(18)22)15-7-3-2-4-8-15/h2-10,18H,11-14H2,1H3,(H,23,24)/t18-,22-/m0/s1. The van der Waals surface area contributed by atoms with Crippen molar-refractivity contribution < 1.29 is 9.59 Å². The van der Waals surface area contributed by atoms with E-state index in [9.17, 15) is 9.59 Å². The molecule has 6 nitrogen and oxygen atoms in total. The van der Waals surface area contributed by atoms with Crippen LogP contribution >= 0.6 is 11.8 Å². The van der Waals surface area contributed by atoms with E-state index < -0.39 is 10.9 Å².